The Labute approximate surface area is 112 Å². The van der Waals surface area contributed by atoms with Crippen LogP contribution < -0.4 is 5.32 Å². The Morgan fingerprint density at radius 2 is 2.17 bits per heavy atom. The molecule has 2 rings (SSSR count). The zero-order valence-electron chi connectivity index (χ0n) is 11.0. The predicted octanol–water partition coefficient (Wildman–Crippen LogP) is 2.54. The SMILES string of the molecule is Cc1ccccc1CNC(=O)C1=NCSC1(C)C. The maximum atomic E-state index is 12.1. The highest BCUT2D eigenvalue weighted by Gasteiger charge is 2.34. The number of nitrogens with zero attached hydrogens (tertiary/aromatic N) is 1. The molecule has 96 valence electrons. The van der Waals surface area contributed by atoms with E-state index in [1.807, 2.05) is 45.0 Å². The van der Waals surface area contributed by atoms with Gasteiger partial charge in [0.15, 0.2) is 0 Å². The van der Waals surface area contributed by atoms with Gasteiger partial charge in [0.1, 0.15) is 5.71 Å². The van der Waals surface area contributed by atoms with Crippen molar-refractivity contribution >= 4 is 23.4 Å². The van der Waals surface area contributed by atoms with E-state index in [0.29, 0.717) is 18.1 Å². The molecule has 0 unspecified atom stereocenters. The third-order valence-electron chi connectivity index (χ3n) is 3.13. The third-order valence-corrected chi connectivity index (χ3v) is 4.31. The normalized spacial score (nSPS) is 17.4. The molecule has 1 amide bonds. The van der Waals surface area contributed by atoms with E-state index < -0.39 is 0 Å². The van der Waals surface area contributed by atoms with Gasteiger partial charge in [-0.2, -0.15) is 0 Å². The molecular formula is C14H18N2OS. The van der Waals surface area contributed by atoms with Crippen molar-refractivity contribution in [1.82, 2.24) is 5.32 Å². The molecule has 0 saturated heterocycles. The van der Waals surface area contributed by atoms with Crippen molar-refractivity contribution in [1.29, 1.82) is 0 Å². The lowest BCUT2D eigenvalue weighted by molar-refractivity contribution is -0.115. The molecule has 1 aromatic rings. The van der Waals surface area contributed by atoms with E-state index in [-0.39, 0.29) is 10.7 Å². The van der Waals surface area contributed by atoms with Gasteiger partial charge in [-0.1, -0.05) is 24.3 Å². The maximum Gasteiger partial charge on any atom is 0.266 e. The molecular weight excluding hydrogens is 244 g/mol. The predicted molar refractivity (Wildman–Crippen MR) is 77.0 cm³/mol. The third kappa shape index (κ3) is 2.75. The van der Waals surface area contributed by atoms with Crippen LogP contribution in [0.15, 0.2) is 29.3 Å². The summed E-state index contributed by atoms with van der Waals surface area (Å²) in [5.41, 5.74) is 3.00. The molecule has 1 N–H and O–H groups in total. The number of benzene rings is 1. The molecule has 0 spiro atoms. The molecule has 0 atom stereocenters. The second-order valence-corrected chi connectivity index (χ2v) is 6.47. The average Bonchev–Trinajstić information content (AvgIpc) is 2.67. The first-order chi connectivity index (χ1) is 8.50. The minimum Gasteiger partial charge on any atom is -0.347 e. The van der Waals surface area contributed by atoms with Gasteiger partial charge in [0, 0.05) is 6.54 Å². The molecule has 0 saturated carbocycles. The van der Waals surface area contributed by atoms with Crippen LogP contribution in [0.4, 0.5) is 0 Å². The number of nitrogens with one attached hydrogen (secondary N) is 1. The molecule has 1 heterocycles. The van der Waals surface area contributed by atoms with Crippen LogP contribution in [0.1, 0.15) is 25.0 Å². The van der Waals surface area contributed by atoms with E-state index in [1.54, 1.807) is 11.8 Å². The molecule has 18 heavy (non-hydrogen) atoms. The van der Waals surface area contributed by atoms with Crippen LogP contribution in [0.5, 0.6) is 0 Å². The molecule has 3 nitrogen and oxygen atoms in total. The topological polar surface area (TPSA) is 41.5 Å². The summed E-state index contributed by atoms with van der Waals surface area (Å²) in [4.78, 5) is 16.4. The van der Waals surface area contributed by atoms with E-state index in [2.05, 4.69) is 10.3 Å². The number of hydrogen-bond acceptors (Lipinski definition) is 3. The Bertz CT molecular complexity index is 494. The molecule has 0 aromatic heterocycles. The fourth-order valence-electron chi connectivity index (χ4n) is 1.93. The van der Waals surface area contributed by atoms with Gasteiger partial charge in [-0.25, -0.2) is 0 Å². The number of carbonyl (C=O) groups excluding carboxylic acids is 1. The monoisotopic (exact) mass is 262 g/mol. The van der Waals surface area contributed by atoms with Gasteiger partial charge in [0.2, 0.25) is 0 Å². The Kier molecular flexibility index (Phi) is 3.76. The average molecular weight is 262 g/mol. The van der Waals surface area contributed by atoms with Crippen LogP contribution in [0.3, 0.4) is 0 Å². The number of amides is 1. The zero-order chi connectivity index (χ0) is 13.2. The Morgan fingerprint density at radius 1 is 1.44 bits per heavy atom. The van der Waals surface area contributed by atoms with Gasteiger partial charge in [-0.05, 0) is 31.9 Å². The fraction of sp³-hybridized carbons (Fsp3) is 0.429. The van der Waals surface area contributed by atoms with Crippen LogP contribution >= 0.6 is 11.8 Å². The van der Waals surface area contributed by atoms with Crippen molar-refractivity contribution in [2.24, 2.45) is 4.99 Å². The lowest BCUT2D eigenvalue weighted by Gasteiger charge is -2.18. The lowest BCUT2D eigenvalue weighted by atomic mass is 10.1. The number of thioether (sulfide) groups is 1. The number of carbonyl (C=O) groups is 1. The molecule has 0 fully saturated rings. The van der Waals surface area contributed by atoms with Gasteiger partial charge in [-0.3, -0.25) is 9.79 Å². The minimum atomic E-state index is -0.171. The molecule has 4 heteroatoms. The van der Waals surface area contributed by atoms with Crippen molar-refractivity contribution in [2.45, 2.75) is 32.1 Å². The number of aryl methyl sites for hydroxylation is 1. The Hall–Kier alpha value is -1.29. The van der Waals surface area contributed by atoms with Crippen LogP contribution in [0.2, 0.25) is 0 Å². The standard InChI is InChI=1S/C14H18N2OS/c1-10-6-4-5-7-11(10)8-15-13(17)12-14(2,3)18-9-16-12/h4-7H,8-9H2,1-3H3,(H,15,17). The Morgan fingerprint density at radius 3 is 2.78 bits per heavy atom. The summed E-state index contributed by atoms with van der Waals surface area (Å²) in [6.45, 7) is 6.69. The van der Waals surface area contributed by atoms with Gasteiger partial charge >= 0.3 is 0 Å². The van der Waals surface area contributed by atoms with Gasteiger partial charge < -0.3 is 5.32 Å². The summed E-state index contributed by atoms with van der Waals surface area (Å²) in [6, 6.07) is 8.07. The number of aliphatic imine (C=N–C) groups is 1. The number of hydrogen-bond donors (Lipinski definition) is 1. The van der Waals surface area contributed by atoms with Crippen LogP contribution in [0, 0.1) is 6.92 Å². The smallest absolute Gasteiger partial charge is 0.266 e. The van der Waals surface area contributed by atoms with Gasteiger partial charge in [0.05, 0.1) is 10.6 Å². The van der Waals surface area contributed by atoms with Crippen molar-refractivity contribution in [3.8, 4) is 0 Å². The second kappa shape index (κ2) is 5.14. The summed E-state index contributed by atoms with van der Waals surface area (Å²) >= 11 is 1.70. The summed E-state index contributed by atoms with van der Waals surface area (Å²) in [7, 11) is 0. The fourth-order valence-corrected chi connectivity index (χ4v) is 2.74. The minimum absolute atomic E-state index is 0.0479. The maximum absolute atomic E-state index is 12.1. The van der Waals surface area contributed by atoms with Crippen LogP contribution in [-0.2, 0) is 11.3 Å². The number of rotatable bonds is 3. The van der Waals surface area contributed by atoms with E-state index in [1.165, 1.54) is 5.56 Å². The molecule has 1 aliphatic heterocycles. The van der Waals surface area contributed by atoms with E-state index in [0.717, 1.165) is 5.56 Å². The quantitative estimate of drug-likeness (QED) is 0.909. The first-order valence-electron chi connectivity index (χ1n) is 6.02. The summed E-state index contributed by atoms with van der Waals surface area (Å²) in [5.74, 6) is 0.633. The summed E-state index contributed by atoms with van der Waals surface area (Å²) in [6.07, 6.45) is 0. The first kappa shape index (κ1) is 13.1. The molecule has 0 bridgehead atoms. The van der Waals surface area contributed by atoms with E-state index in [4.69, 9.17) is 0 Å². The lowest BCUT2D eigenvalue weighted by Crippen LogP contribution is -2.39. The van der Waals surface area contributed by atoms with Crippen LogP contribution in [-0.4, -0.2) is 22.2 Å². The van der Waals surface area contributed by atoms with Crippen molar-refractivity contribution in [3.05, 3.63) is 35.4 Å². The highest BCUT2D eigenvalue weighted by atomic mass is 32.2. The van der Waals surface area contributed by atoms with Gasteiger partial charge in [0.25, 0.3) is 5.91 Å². The largest absolute Gasteiger partial charge is 0.347 e. The zero-order valence-corrected chi connectivity index (χ0v) is 11.8. The summed E-state index contributed by atoms with van der Waals surface area (Å²) in [5, 5.41) is 2.95. The van der Waals surface area contributed by atoms with E-state index in [9.17, 15) is 4.79 Å². The van der Waals surface area contributed by atoms with E-state index >= 15 is 0 Å². The van der Waals surface area contributed by atoms with Crippen molar-refractivity contribution in [3.63, 3.8) is 0 Å². The summed E-state index contributed by atoms with van der Waals surface area (Å²) < 4.78 is -0.171. The molecule has 1 aromatic carbocycles. The van der Waals surface area contributed by atoms with Gasteiger partial charge in [-0.15, -0.1) is 11.8 Å². The van der Waals surface area contributed by atoms with Crippen molar-refractivity contribution < 1.29 is 4.79 Å². The second-order valence-electron chi connectivity index (χ2n) is 4.90. The molecule has 1 aliphatic rings. The highest BCUT2D eigenvalue weighted by Crippen LogP contribution is 2.31. The Balaban J connectivity index is 2.00. The van der Waals surface area contributed by atoms with Crippen molar-refractivity contribution in [2.75, 3.05) is 5.88 Å². The highest BCUT2D eigenvalue weighted by molar-refractivity contribution is 8.01. The van der Waals surface area contributed by atoms with Crippen LogP contribution in [0.25, 0.3) is 0 Å². The molecule has 0 aliphatic carbocycles. The molecule has 0 radical (unpaired) electrons. The first-order valence-corrected chi connectivity index (χ1v) is 7.01.